The molecule has 1 aliphatic heterocycles. The molecule has 0 spiro atoms. The zero-order valence-electron chi connectivity index (χ0n) is 20.5. The number of hydrogen-bond donors (Lipinski definition) is 3. The molecular formula is C24H35F3N6O3. The fraction of sp³-hybridized carbons (Fsp3) is 0.708. The summed E-state index contributed by atoms with van der Waals surface area (Å²) in [5, 5.41) is 22.6. The van der Waals surface area contributed by atoms with Gasteiger partial charge in [-0.25, -0.2) is 9.97 Å². The minimum Gasteiger partial charge on any atom is -0.389 e. The summed E-state index contributed by atoms with van der Waals surface area (Å²) in [6.07, 6.45) is -0.268. The van der Waals surface area contributed by atoms with Crippen LogP contribution in [-0.2, 0) is 11.3 Å². The molecule has 9 nitrogen and oxygen atoms in total. The van der Waals surface area contributed by atoms with Crippen LogP contribution >= 0.6 is 0 Å². The average molecular weight is 513 g/mol. The van der Waals surface area contributed by atoms with Crippen LogP contribution in [0.1, 0.15) is 39.0 Å². The van der Waals surface area contributed by atoms with Gasteiger partial charge in [0.25, 0.3) is 0 Å². The number of rotatable bonds is 8. The van der Waals surface area contributed by atoms with Gasteiger partial charge in [0.2, 0.25) is 5.91 Å². The monoisotopic (exact) mass is 512 g/mol. The number of hydrogen-bond acceptors (Lipinski definition) is 7. The Kier molecular flexibility index (Phi) is 7.77. The summed E-state index contributed by atoms with van der Waals surface area (Å²) in [4.78, 5) is 23.9. The molecule has 2 aromatic rings. The van der Waals surface area contributed by atoms with Crippen molar-refractivity contribution in [3.8, 4) is 0 Å². The zero-order valence-corrected chi connectivity index (χ0v) is 20.5. The lowest BCUT2D eigenvalue weighted by Gasteiger charge is -2.42. The van der Waals surface area contributed by atoms with Crippen LogP contribution < -0.4 is 10.6 Å². The van der Waals surface area contributed by atoms with E-state index in [-0.39, 0.29) is 44.8 Å². The van der Waals surface area contributed by atoms with Crippen molar-refractivity contribution in [1.82, 2.24) is 19.4 Å². The first-order chi connectivity index (χ1) is 17.0. The number of alkyl halides is 3. The Morgan fingerprint density at radius 1 is 1.28 bits per heavy atom. The molecule has 1 aliphatic carbocycles. The van der Waals surface area contributed by atoms with E-state index < -0.39 is 29.7 Å². The number of halogens is 3. The Balaban J connectivity index is 1.47. The first kappa shape index (κ1) is 26.6. The number of nitrogens with zero attached hydrogens (tertiary/aromatic N) is 5. The van der Waals surface area contributed by atoms with Gasteiger partial charge in [0.1, 0.15) is 23.4 Å². The van der Waals surface area contributed by atoms with E-state index in [4.69, 9.17) is 5.73 Å². The summed E-state index contributed by atoms with van der Waals surface area (Å²) in [6.45, 7) is 3.97. The van der Waals surface area contributed by atoms with Crippen LogP contribution in [0.25, 0.3) is 11.0 Å². The molecule has 12 heteroatoms. The van der Waals surface area contributed by atoms with E-state index in [2.05, 4.69) is 14.9 Å². The summed E-state index contributed by atoms with van der Waals surface area (Å²) < 4.78 is 40.9. The van der Waals surface area contributed by atoms with E-state index in [1.807, 2.05) is 13.0 Å². The number of piperidine rings is 1. The number of aliphatic hydroxyl groups excluding tert-OH is 1. The molecule has 0 unspecified atom stereocenters. The number of carbonyl (C=O) groups excluding carboxylic acids is 1. The molecule has 3 heterocycles. The largest absolute Gasteiger partial charge is 0.391 e. The number of nitrogens with two attached hydrogens (primary N) is 1. The maximum absolute atomic E-state index is 13.0. The van der Waals surface area contributed by atoms with E-state index in [1.165, 1.54) is 6.33 Å². The third kappa shape index (κ3) is 5.76. The predicted octanol–water partition coefficient (Wildman–Crippen LogP) is 1.91. The number of anilines is 1. The van der Waals surface area contributed by atoms with Gasteiger partial charge in [-0.1, -0.05) is 0 Å². The Labute approximate surface area is 208 Å². The minimum atomic E-state index is -4.12. The molecule has 0 aromatic carbocycles. The second kappa shape index (κ2) is 10.5. The number of primary amides is 1. The third-order valence-corrected chi connectivity index (χ3v) is 7.74. The van der Waals surface area contributed by atoms with Crippen LogP contribution in [0.2, 0.25) is 0 Å². The highest BCUT2D eigenvalue weighted by molar-refractivity contribution is 5.87. The molecule has 2 aliphatic rings. The number of carbonyl (C=O) groups is 1. The molecule has 2 atom stereocenters. The molecule has 36 heavy (non-hydrogen) atoms. The molecule has 0 radical (unpaired) electrons. The summed E-state index contributed by atoms with van der Waals surface area (Å²) in [5.41, 5.74) is 4.46. The number of aromatic nitrogens is 3. The first-order valence-electron chi connectivity index (χ1n) is 12.5. The van der Waals surface area contributed by atoms with Gasteiger partial charge >= 0.3 is 6.18 Å². The van der Waals surface area contributed by atoms with E-state index in [9.17, 15) is 28.2 Å². The van der Waals surface area contributed by atoms with Crippen molar-refractivity contribution in [2.75, 3.05) is 37.6 Å². The Morgan fingerprint density at radius 3 is 2.61 bits per heavy atom. The van der Waals surface area contributed by atoms with Crippen LogP contribution in [0.5, 0.6) is 0 Å². The van der Waals surface area contributed by atoms with Crippen LogP contribution in [0.4, 0.5) is 19.0 Å². The molecule has 1 saturated carbocycles. The fourth-order valence-electron chi connectivity index (χ4n) is 5.59. The molecule has 4 rings (SSSR count). The lowest BCUT2D eigenvalue weighted by molar-refractivity contribution is -0.183. The Hall–Kier alpha value is -2.44. The van der Waals surface area contributed by atoms with E-state index in [0.717, 1.165) is 5.39 Å². The van der Waals surface area contributed by atoms with Gasteiger partial charge < -0.3 is 25.4 Å². The normalized spacial score (nSPS) is 27.9. The van der Waals surface area contributed by atoms with Crippen LogP contribution in [-0.4, -0.2) is 86.2 Å². The highest BCUT2D eigenvalue weighted by atomic mass is 19.4. The van der Waals surface area contributed by atoms with E-state index in [0.29, 0.717) is 43.9 Å². The molecule has 0 bridgehead atoms. The first-order valence-corrected chi connectivity index (χ1v) is 12.5. The molecule has 4 N–H and O–H groups in total. The Morgan fingerprint density at radius 2 is 2.00 bits per heavy atom. The lowest BCUT2D eigenvalue weighted by atomic mass is 9.81. The second-order valence-electron chi connectivity index (χ2n) is 10.2. The summed E-state index contributed by atoms with van der Waals surface area (Å²) in [5.74, 6) is -0.810. The zero-order chi connectivity index (χ0) is 26.1. The van der Waals surface area contributed by atoms with Crippen LogP contribution in [0.15, 0.2) is 18.6 Å². The molecule has 2 fully saturated rings. The number of likely N-dealkylation sites (tertiary alicyclic amines) is 1. The molecule has 200 valence electrons. The minimum absolute atomic E-state index is 0.0287. The van der Waals surface area contributed by atoms with E-state index in [1.54, 1.807) is 15.7 Å². The molecule has 1 saturated heterocycles. The van der Waals surface area contributed by atoms with Gasteiger partial charge in [-0.2, -0.15) is 13.2 Å². The van der Waals surface area contributed by atoms with Crippen molar-refractivity contribution in [2.24, 2.45) is 17.6 Å². The standard InChI is InChI=1S/C24H35F3N6O3/c1-2-32(11-16-3-5-17(6-4-16)24(25,26)27)21-18-7-9-33(22(18)30-15-29-21)14-23(36)8-10-31(12-19(23)34)13-20(28)35/h7,9,15-17,19,34,36H,2-6,8,10-14H2,1H3,(H2,28,35)/t16-,17-,19-,23-/m1/s1. The number of aliphatic hydroxyl groups is 2. The predicted molar refractivity (Wildman–Crippen MR) is 128 cm³/mol. The van der Waals surface area contributed by atoms with Gasteiger partial charge in [0.05, 0.1) is 30.5 Å². The van der Waals surface area contributed by atoms with Crippen molar-refractivity contribution >= 4 is 22.8 Å². The highest BCUT2D eigenvalue weighted by Crippen LogP contribution is 2.40. The quantitative estimate of drug-likeness (QED) is 0.494. The number of β-amino-alcohol motifs (C(OH)–C–C–N with tert-alkyl or cyclic N) is 1. The fourth-order valence-corrected chi connectivity index (χ4v) is 5.59. The Bertz CT molecular complexity index is 1060. The van der Waals surface area contributed by atoms with Crippen LogP contribution in [0.3, 0.4) is 0 Å². The van der Waals surface area contributed by atoms with Crippen LogP contribution in [0, 0.1) is 11.8 Å². The van der Waals surface area contributed by atoms with Crippen molar-refractivity contribution < 1.29 is 28.2 Å². The summed E-state index contributed by atoms with van der Waals surface area (Å²) in [6, 6.07) is 1.87. The molecule has 2 aromatic heterocycles. The average Bonchev–Trinajstić information content (AvgIpc) is 3.22. The van der Waals surface area contributed by atoms with Gasteiger partial charge in [-0.15, -0.1) is 0 Å². The molecular weight excluding hydrogens is 477 g/mol. The van der Waals surface area contributed by atoms with Gasteiger partial charge in [-0.3, -0.25) is 9.69 Å². The van der Waals surface area contributed by atoms with Crippen molar-refractivity contribution in [1.29, 1.82) is 0 Å². The topological polar surface area (TPSA) is 121 Å². The van der Waals surface area contributed by atoms with E-state index >= 15 is 0 Å². The maximum atomic E-state index is 13.0. The smallest absolute Gasteiger partial charge is 0.389 e. The van der Waals surface area contributed by atoms with Crippen molar-refractivity contribution in [3.05, 3.63) is 18.6 Å². The van der Waals surface area contributed by atoms with Crippen molar-refractivity contribution in [3.63, 3.8) is 0 Å². The highest BCUT2D eigenvalue weighted by Gasteiger charge is 2.42. The maximum Gasteiger partial charge on any atom is 0.391 e. The SMILES string of the molecule is CCN(C[C@H]1CC[C@H](C(F)(F)F)CC1)c1ncnc2c1ccn2C[C@]1(O)CCN(CC(N)=O)C[C@H]1O. The number of amides is 1. The van der Waals surface area contributed by atoms with Gasteiger partial charge in [0, 0.05) is 32.4 Å². The number of fused-ring (bicyclic) bond motifs is 1. The second-order valence-corrected chi connectivity index (χ2v) is 10.2. The summed E-state index contributed by atoms with van der Waals surface area (Å²) in [7, 11) is 0. The van der Waals surface area contributed by atoms with Crippen molar-refractivity contribution in [2.45, 2.75) is 63.5 Å². The molecule has 1 amide bonds. The van der Waals surface area contributed by atoms with Gasteiger partial charge in [-0.05, 0) is 51.0 Å². The lowest BCUT2D eigenvalue weighted by Crippen LogP contribution is -2.58. The third-order valence-electron chi connectivity index (χ3n) is 7.74. The summed E-state index contributed by atoms with van der Waals surface area (Å²) >= 11 is 0. The van der Waals surface area contributed by atoms with Gasteiger partial charge in [0.15, 0.2) is 0 Å².